The number of thiazole rings is 1. The largest absolute Gasteiger partial charge is 0.454 e. The standard InChI is InChI=1S/C35H34ClN5O3S/c1-40(2)28-14-12-27(13-15-28)38-39-35-37-30-17-11-24(19-33(30)45-35)7-3-4-8-25-9-5-6-10-26(25)22-41(34(42)21-36)29-16-18-31-32(20-29)44-23-43-31/h5-6,9-20H,3-4,7-8,21-23H2,1-2H3/b39-38+. The van der Waals surface area contributed by atoms with E-state index in [2.05, 4.69) is 56.5 Å². The van der Waals surface area contributed by atoms with Crippen molar-refractivity contribution in [3.8, 4) is 11.5 Å². The molecule has 0 bridgehead atoms. The van der Waals surface area contributed by atoms with Gasteiger partial charge in [0.2, 0.25) is 17.8 Å². The zero-order chi connectivity index (χ0) is 31.2. The van der Waals surface area contributed by atoms with Crippen molar-refractivity contribution in [2.24, 2.45) is 10.2 Å². The number of hydrogen-bond donors (Lipinski definition) is 0. The highest BCUT2D eigenvalue weighted by Crippen LogP contribution is 2.36. The van der Waals surface area contributed by atoms with Crippen LogP contribution in [0, 0.1) is 0 Å². The first kappa shape index (κ1) is 30.6. The highest BCUT2D eigenvalue weighted by molar-refractivity contribution is 7.21. The number of halogens is 1. The third-order valence-electron chi connectivity index (χ3n) is 7.75. The van der Waals surface area contributed by atoms with Gasteiger partial charge < -0.3 is 19.3 Å². The molecule has 2 heterocycles. The van der Waals surface area contributed by atoms with E-state index >= 15 is 0 Å². The molecule has 5 aromatic rings. The number of carbonyl (C=O) groups excluding carboxylic acids is 1. The zero-order valence-corrected chi connectivity index (χ0v) is 26.9. The van der Waals surface area contributed by atoms with Crippen molar-refractivity contribution in [3.05, 3.63) is 102 Å². The molecule has 0 N–H and O–H groups in total. The summed E-state index contributed by atoms with van der Waals surface area (Å²) < 4.78 is 12.1. The summed E-state index contributed by atoms with van der Waals surface area (Å²) in [5.41, 5.74) is 7.21. The van der Waals surface area contributed by atoms with Gasteiger partial charge in [0.15, 0.2) is 11.5 Å². The van der Waals surface area contributed by atoms with Crippen LogP contribution in [0.25, 0.3) is 10.2 Å². The zero-order valence-electron chi connectivity index (χ0n) is 25.3. The van der Waals surface area contributed by atoms with Crippen molar-refractivity contribution in [2.45, 2.75) is 32.2 Å². The molecule has 1 aromatic heterocycles. The van der Waals surface area contributed by atoms with E-state index in [1.807, 2.05) is 62.6 Å². The van der Waals surface area contributed by atoms with Crippen molar-refractivity contribution >= 4 is 61.3 Å². The molecule has 4 aromatic carbocycles. The fourth-order valence-electron chi connectivity index (χ4n) is 5.29. The minimum Gasteiger partial charge on any atom is -0.454 e. The number of anilines is 2. The molecule has 8 nitrogen and oxygen atoms in total. The number of amides is 1. The van der Waals surface area contributed by atoms with E-state index in [9.17, 15) is 4.79 Å². The van der Waals surface area contributed by atoms with E-state index in [1.54, 1.807) is 16.2 Å². The maximum atomic E-state index is 12.9. The molecule has 0 radical (unpaired) electrons. The predicted octanol–water partition coefficient (Wildman–Crippen LogP) is 8.84. The van der Waals surface area contributed by atoms with Gasteiger partial charge in [-0.3, -0.25) is 4.79 Å². The van der Waals surface area contributed by atoms with E-state index in [1.165, 1.54) is 11.1 Å². The van der Waals surface area contributed by atoms with Crippen LogP contribution in [0.2, 0.25) is 0 Å². The normalized spacial score (nSPS) is 12.2. The molecule has 45 heavy (non-hydrogen) atoms. The lowest BCUT2D eigenvalue weighted by atomic mass is 9.99. The second kappa shape index (κ2) is 14.1. The number of benzene rings is 4. The number of fused-ring (bicyclic) bond motifs is 2. The van der Waals surface area contributed by atoms with Gasteiger partial charge in [-0.2, -0.15) is 0 Å². The number of azo groups is 1. The smallest absolute Gasteiger partial charge is 0.242 e. The van der Waals surface area contributed by atoms with Gasteiger partial charge >= 0.3 is 0 Å². The second-order valence-electron chi connectivity index (χ2n) is 11.0. The lowest BCUT2D eigenvalue weighted by Crippen LogP contribution is -2.31. The van der Waals surface area contributed by atoms with Crippen molar-refractivity contribution in [3.63, 3.8) is 0 Å². The van der Waals surface area contributed by atoms with E-state index < -0.39 is 0 Å². The maximum absolute atomic E-state index is 12.9. The van der Waals surface area contributed by atoms with E-state index in [-0.39, 0.29) is 18.6 Å². The molecule has 1 amide bonds. The summed E-state index contributed by atoms with van der Waals surface area (Å²) in [6, 6.07) is 28.2. The Bertz CT molecular complexity index is 1820. The molecule has 1 aliphatic heterocycles. The molecule has 0 aliphatic carbocycles. The third kappa shape index (κ3) is 7.44. The van der Waals surface area contributed by atoms with Gasteiger partial charge in [-0.05, 0) is 90.9 Å². The maximum Gasteiger partial charge on any atom is 0.242 e. The summed E-state index contributed by atoms with van der Waals surface area (Å²) in [4.78, 5) is 21.3. The van der Waals surface area contributed by atoms with E-state index in [0.717, 1.165) is 58.5 Å². The molecular weight excluding hydrogens is 606 g/mol. The summed E-state index contributed by atoms with van der Waals surface area (Å²) >= 11 is 7.57. The Hall–Kier alpha value is -4.47. The second-order valence-corrected chi connectivity index (χ2v) is 12.3. The molecule has 0 saturated carbocycles. The number of rotatable bonds is 12. The monoisotopic (exact) mass is 639 g/mol. The number of hydrogen-bond acceptors (Lipinski definition) is 8. The number of unbranched alkanes of at least 4 members (excludes halogenated alkanes) is 1. The van der Waals surface area contributed by atoms with Crippen LogP contribution in [-0.2, 0) is 24.2 Å². The average Bonchev–Trinajstić information content (AvgIpc) is 3.71. The highest BCUT2D eigenvalue weighted by atomic mass is 35.5. The van der Waals surface area contributed by atoms with Crippen LogP contribution >= 0.6 is 22.9 Å². The van der Waals surface area contributed by atoms with Gasteiger partial charge in [0, 0.05) is 31.5 Å². The van der Waals surface area contributed by atoms with Crippen LogP contribution in [-0.4, -0.2) is 37.7 Å². The Morgan fingerprint density at radius 3 is 2.42 bits per heavy atom. The first-order chi connectivity index (χ1) is 22.0. The Morgan fingerprint density at radius 1 is 0.867 bits per heavy atom. The SMILES string of the molecule is CN(C)c1ccc(/N=N/c2nc3ccc(CCCCc4ccccc4CN(C(=O)CCl)c4ccc5c(c4)OCO5)cc3s2)cc1. The van der Waals surface area contributed by atoms with Crippen LogP contribution in [0.5, 0.6) is 11.5 Å². The Morgan fingerprint density at radius 2 is 1.62 bits per heavy atom. The molecular formula is C35H34ClN5O3S. The highest BCUT2D eigenvalue weighted by Gasteiger charge is 2.21. The Labute approximate surface area is 271 Å². The number of aromatic nitrogens is 1. The fraction of sp³-hybridized carbons (Fsp3) is 0.257. The van der Waals surface area contributed by atoms with Crippen LogP contribution in [0.4, 0.5) is 22.2 Å². The lowest BCUT2D eigenvalue weighted by Gasteiger charge is -2.24. The van der Waals surface area contributed by atoms with Gasteiger partial charge in [0.05, 0.1) is 22.4 Å². The molecule has 10 heteroatoms. The first-order valence-electron chi connectivity index (χ1n) is 14.9. The lowest BCUT2D eigenvalue weighted by molar-refractivity contribution is -0.116. The van der Waals surface area contributed by atoms with Crippen LogP contribution < -0.4 is 19.3 Å². The Kier molecular flexibility index (Phi) is 9.57. The summed E-state index contributed by atoms with van der Waals surface area (Å²) in [6.07, 6.45) is 3.96. The third-order valence-corrected chi connectivity index (χ3v) is 8.88. The van der Waals surface area contributed by atoms with Crippen LogP contribution in [0.3, 0.4) is 0 Å². The topological polar surface area (TPSA) is 79.6 Å². The molecule has 6 rings (SSSR count). The summed E-state index contributed by atoms with van der Waals surface area (Å²) in [6.45, 7) is 0.619. The molecule has 0 fully saturated rings. The van der Waals surface area contributed by atoms with Gasteiger partial charge in [-0.25, -0.2) is 4.98 Å². The van der Waals surface area contributed by atoms with Crippen molar-refractivity contribution in [1.29, 1.82) is 0 Å². The molecule has 0 spiro atoms. The number of aryl methyl sites for hydroxylation is 2. The quantitative estimate of drug-likeness (QED) is 0.0774. The van der Waals surface area contributed by atoms with Crippen LogP contribution in [0.15, 0.2) is 95.2 Å². The molecule has 1 aliphatic rings. The van der Waals surface area contributed by atoms with Gasteiger partial charge in [0.1, 0.15) is 5.88 Å². The minimum atomic E-state index is -0.160. The van der Waals surface area contributed by atoms with Crippen molar-refractivity contribution < 1.29 is 14.3 Å². The molecule has 0 atom stereocenters. The predicted molar refractivity (Wildman–Crippen MR) is 182 cm³/mol. The van der Waals surface area contributed by atoms with Crippen molar-refractivity contribution in [2.75, 3.05) is 36.6 Å². The summed E-state index contributed by atoms with van der Waals surface area (Å²) in [7, 11) is 4.02. The summed E-state index contributed by atoms with van der Waals surface area (Å²) in [5, 5.41) is 9.40. The molecule has 0 unspecified atom stereocenters. The van der Waals surface area contributed by atoms with Gasteiger partial charge in [0.25, 0.3) is 0 Å². The average molecular weight is 640 g/mol. The van der Waals surface area contributed by atoms with Gasteiger partial charge in [-0.15, -0.1) is 21.8 Å². The van der Waals surface area contributed by atoms with E-state index in [0.29, 0.717) is 23.2 Å². The molecule has 0 saturated heterocycles. The summed E-state index contributed by atoms with van der Waals surface area (Å²) in [5.74, 6) is 1.05. The minimum absolute atomic E-state index is 0.101. The molecule has 230 valence electrons. The van der Waals surface area contributed by atoms with E-state index in [4.69, 9.17) is 21.1 Å². The number of carbonyl (C=O) groups is 1. The first-order valence-corrected chi connectivity index (χ1v) is 16.2. The number of alkyl halides is 1. The van der Waals surface area contributed by atoms with Gasteiger partial charge in [-0.1, -0.05) is 41.7 Å². The number of nitrogens with zero attached hydrogens (tertiary/aromatic N) is 5. The van der Waals surface area contributed by atoms with Crippen LogP contribution in [0.1, 0.15) is 29.5 Å². The fourth-order valence-corrected chi connectivity index (χ4v) is 6.29. The number of ether oxygens (including phenoxy) is 2. The Balaban J connectivity index is 1.06. The van der Waals surface area contributed by atoms with Crippen molar-refractivity contribution in [1.82, 2.24) is 4.98 Å².